The number of hydrogen-bond acceptors (Lipinski definition) is 4. The van der Waals surface area contributed by atoms with Crippen LogP contribution in [0.3, 0.4) is 0 Å². The van der Waals surface area contributed by atoms with Gasteiger partial charge in [-0.15, -0.1) is 24.0 Å². The van der Waals surface area contributed by atoms with Crippen molar-refractivity contribution in [1.29, 1.82) is 0 Å². The van der Waals surface area contributed by atoms with Gasteiger partial charge in [0.05, 0.1) is 0 Å². The monoisotopic (exact) mass is 483 g/mol. The Hall–Kier alpha value is -0.120. The summed E-state index contributed by atoms with van der Waals surface area (Å²) in [5, 5.41) is 6.82. The van der Waals surface area contributed by atoms with E-state index >= 15 is 0 Å². The summed E-state index contributed by atoms with van der Waals surface area (Å²) in [5.74, 6) is 0.908. The highest BCUT2D eigenvalue weighted by atomic mass is 127. The lowest BCUT2D eigenvalue weighted by molar-refractivity contribution is 0.180. The van der Waals surface area contributed by atoms with Gasteiger partial charge >= 0.3 is 0 Å². The third-order valence-corrected chi connectivity index (χ3v) is 5.08. The molecule has 1 aliphatic carbocycles. The predicted octanol–water partition coefficient (Wildman–Crippen LogP) is 2.39. The SMILES string of the molecule is CN=C(NCCCN(C)C1CCCCC1)NCCN(C)CCCOC.I. The highest BCUT2D eigenvalue weighted by Crippen LogP contribution is 2.21. The minimum absolute atomic E-state index is 0. The van der Waals surface area contributed by atoms with Crippen LogP contribution in [0.5, 0.6) is 0 Å². The lowest BCUT2D eigenvalue weighted by Crippen LogP contribution is -2.42. The topological polar surface area (TPSA) is 52.1 Å². The molecule has 156 valence electrons. The van der Waals surface area contributed by atoms with Gasteiger partial charge in [0.1, 0.15) is 0 Å². The highest BCUT2D eigenvalue weighted by Gasteiger charge is 2.17. The summed E-state index contributed by atoms with van der Waals surface area (Å²) in [6.07, 6.45) is 9.23. The minimum atomic E-state index is 0. The third kappa shape index (κ3) is 12.3. The average Bonchev–Trinajstić information content (AvgIpc) is 2.64. The molecule has 0 atom stereocenters. The largest absolute Gasteiger partial charge is 0.385 e. The Morgan fingerprint density at radius 2 is 1.69 bits per heavy atom. The van der Waals surface area contributed by atoms with Crippen molar-refractivity contribution in [2.45, 2.75) is 51.0 Å². The summed E-state index contributed by atoms with van der Waals surface area (Å²) in [6, 6.07) is 0.805. The zero-order chi connectivity index (χ0) is 18.3. The van der Waals surface area contributed by atoms with E-state index in [2.05, 4.69) is 39.5 Å². The minimum Gasteiger partial charge on any atom is -0.385 e. The molecule has 0 unspecified atom stereocenters. The summed E-state index contributed by atoms with van der Waals surface area (Å²) in [6.45, 7) is 5.95. The number of rotatable bonds is 12. The summed E-state index contributed by atoms with van der Waals surface area (Å²) in [5.41, 5.74) is 0. The molecule has 0 bridgehead atoms. The van der Waals surface area contributed by atoms with Crippen molar-refractivity contribution in [2.75, 3.05) is 67.6 Å². The lowest BCUT2D eigenvalue weighted by Gasteiger charge is -2.31. The molecule has 2 N–H and O–H groups in total. The van der Waals surface area contributed by atoms with Crippen LogP contribution in [0.25, 0.3) is 0 Å². The van der Waals surface area contributed by atoms with E-state index in [0.717, 1.165) is 64.2 Å². The smallest absolute Gasteiger partial charge is 0.191 e. The predicted molar refractivity (Wildman–Crippen MR) is 123 cm³/mol. The van der Waals surface area contributed by atoms with Gasteiger partial charge in [-0.3, -0.25) is 4.99 Å². The second kappa shape index (κ2) is 17.0. The summed E-state index contributed by atoms with van der Waals surface area (Å²) in [7, 11) is 8.02. The zero-order valence-corrected chi connectivity index (χ0v) is 19.8. The van der Waals surface area contributed by atoms with Crippen LogP contribution in [0.15, 0.2) is 4.99 Å². The molecular weight excluding hydrogens is 441 g/mol. The maximum atomic E-state index is 5.09. The second-order valence-electron chi connectivity index (χ2n) is 7.20. The van der Waals surface area contributed by atoms with Crippen molar-refractivity contribution in [3.05, 3.63) is 0 Å². The lowest BCUT2D eigenvalue weighted by atomic mass is 9.94. The summed E-state index contributed by atoms with van der Waals surface area (Å²) < 4.78 is 5.09. The fraction of sp³-hybridized carbons (Fsp3) is 0.947. The van der Waals surface area contributed by atoms with Crippen LogP contribution in [-0.2, 0) is 4.74 Å². The van der Waals surface area contributed by atoms with E-state index in [9.17, 15) is 0 Å². The first-order valence-electron chi connectivity index (χ1n) is 9.99. The van der Waals surface area contributed by atoms with Gasteiger partial charge in [0.2, 0.25) is 0 Å². The standard InChI is InChI=1S/C19H41N5O.HI/c1-20-19(22-13-16-23(2)14-9-17-25-4)21-12-8-15-24(3)18-10-6-5-7-11-18;/h18H,5-17H2,1-4H3,(H2,20,21,22);1H. The van der Waals surface area contributed by atoms with Crippen molar-refractivity contribution in [2.24, 2.45) is 4.99 Å². The van der Waals surface area contributed by atoms with Gasteiger partial charge in [-0.25, -0.2) is 0 Å². The number of nitrogens with zero attached hydrogens (tertiary/aromatic N) is 3. The van der Waals surface area contributed by atoms with Crippen LogP contribution in [0.2, 0.25) is 0 Å². The van der Waals surface area contributed by atoms with Gasteiger partial charge in [-0.05, 0) is 46.3 Å². The van der Waals surface area contributed by atoms with Gasteiger partial charge in [-0.2, -0.15) is 0 Å². The molecule has 0 aromatic heterocycles. The number of likely N-dealkylation sites (N-methyl/N-ethyl adjacent to an activating group) is 1. The Morgan fingerprint density at radius 3 is 2.35 bits per heavy atom. The van der Waals surface area contributed by atoms with Crippen molar-refractivity contribution in [3.63, 3.8) is 0 Å². The molecule has 0 aliphatic heterocycles. The number of guanidine groups is 1. The van der Waals surface area contributed by atoms with Gasteiger partial charge < -0.3 is 25.2 Å². The van der Waals surface area contributed by atoms with Crippen LogP contribution < -0.4 is 10.6 Å². The molecule has 1 aliphatic rings. The van der Waals surface area contributed by atoms with Crippen molar-refractivity contribution >= 4 is 29.9 Å². The first-order valence-corrected chi connectivity index (χ1v) is 9.99. The maximum absolute atomic E-state index is 5.09. The van der Waals surface area contributed by atoms with Gasteiger partial charge in [-0.1, -0.05) is 19.3 Å². The Balaban J connectivity index is 0.00000625. The molecule has 1 fully saturated rings. The number of methoxy groups -OCH3 is 1. The molecule has 0 aromatic carbocycles. The molecule has 1 saturated carbocycles. The molecule has 26 heavy (non-hydrogen) atoms. The first kappa shape index (κ1) is 25.9. The molecule has 0 saturated heterocycles. The molecule has 0 amide bonds. The first-order chi connectivity index (χ1) is 12.2. The molecule has 1 rings (SSSR count). The molecule has 0 radical (unpaired) electrons. The van der Waals surface area contributed by atoms with Gasteiger partial charge in [0, 0.05) is 53.0 Å². The van der Waals surface area contributed by atoms with Crippen LogP contribution in [0, 0.1) is 0 Å². The number of nitrogens with one attached hydrogen (secondary N) is 2. The van der Waals surface area contributed by atoms with Crippen LogP contribution in [0.4, 0.5) is 0 Å². The van der Waals surface area contributed by atoms with E-state index in [0.29, 0.717) is 0 Å². The fourth-order valence-electron chi connectivity index (χ4n) is 3.42. The third-order valence-electron chi connectivity index (χ3n) is 5.08. The maximum Gasteiger partial charge on any atom is 0.191 e. The van der Waals surface area contributed by atoms with E-state index in [1.807, 2.05) is 7.05 Å². The van der Waals surface area contributed by atoms with E-state index in [1.165, 1.54) is 32.1 Å². The molecule has 0 aromatic rings. The van der Waals surface area contributed by atoms with E-state index in [-0.39, 0.29) is 24.0 Å². The van der Waals surface area contributed by atoms with Gasteiger partial charge in [0.25, 0.3) is 0 Å². The summed E-state index contributed by atoms with van der Waals surface area (Å²) in [4.78, 5) is 9.17. The average molecular weight is 483 g/mol. The molecular formula is C19H42IN5O. The van der Waals surface area contributed by atoms with Crippen molar-refractivity contribution in [3.8, 4) is 0 Å². The van der Waals surface area contributed by atoms with E-state index in [1.54, 1.807) is 7.11 Å². The number of ether oxygens (including phenoxy) is 1. The highest BCUT2D eigenvalue weighted by molar-refractivity contribution is 14.0. The Labute approximate surface area is 178 Å². The van der Waals surface area contributed by atoms with E-state index in [4.69, 9.17) is 4.74 Å². The molecule has 0 spiro atoms. The second-order valence-corrected chi connectivity index (χ2v) is 7.20. The van der Waals surface area contributed by atoms with Crippen molar-refractivity contribution in [1.82, 2.24) is 20.4 Å². The molecule has 6 nitrogen and oxygen atoms in total. The fourth-order valence-corrected chi connectivity index (χ4v) is 3.42. The number of halogens is 1. The van der Waals surface area contributed by atoms with Crippen LogP contribution in [-0.4, -0.2) is 89.4 Å². The quantitative estimate of drug-likeness (QED) is 0.193. The zero-order valence-electron chi connectivity index (χ0n) is 17.4. The van der Waals surface area contributed by atoms with Gasteiger partial charge in [0.15, 0.2) is 5.96 Å². The number of aliphatic imine (C=N–C) groups is 1. The normalized spacial score (nSPS) is 16.0. The Bertz CT molecular complexity index is 351. The Morgan fingerprint density at radius 1 is 1.00 bits per heavy atom. The summed E-state index contributed by atoms with van der Waals surface area (Å²) >= 11 is 0. The van der Waals surface area contributed by atoms with Crippen LogP contribution in [0.1, 0.15) is 44.9 Å². The van der Waals surface area contributed by atoms with Crippen LogP contribution >= 0.6 is 24.0 Å². The molecule has 7 heteroatoms. The Kier molecular flexibility index (Phi) is 16.9. The van der Waals surface area contributed by atoms with E-state index < -0.39 is 0 Å². The van der Waals surface area contributed by atoms with Crippen molar-refractivity contribution < 1.29 is 4.74 Å². The molecule has 0 heterocycles. The number of hydrogen-bond donors (Lipinski definition) is 2.